The lowest BCUT2D eigenvalue weighted by atomic mass is 9.95. The van der Waals surface area contributed by atoms with Crippen LogP contribution in [0.1, 0.15) is 51.8 Å². The third-order valence-corrected chi connectivity index (χ3v) is 7.11. The van der Waals surface area contributed by atoms with E-state index in [-0.39, 0.29) is 29.6 Å². The van der Waals surface area contributed by atoms with Gasteiger partial charge in [0.1, 0.15) is 0 Å². The first-order chi connectivity index (χ1) is 19.6. The van der Waals surface area contributed by atoms with E-state index in [0.29, 0.717) is 43.4 Å². The Balaban J connectivity index is 1.90. The van der Waals surface area contributed by atoms with Gasteiger partial charge in [0, 0.05) is 6.92 Å². The molecule has 1 aliphatic rings. The van der Waals surface area contributed by atoms with Crippen LogP contribution in [0.2, 0.25) is 0 Å². The van der Waals surface area contributed by atoms with Crippen molar-refractivity contribution in [2.75, 3.05) is 20.8 Å². The molecular formula is C30H32N2O8S. The van der Waals surface area contributed by atoms with E-state index in [2.05, 4.69) is 4.99 Å². The van der Waals surface area contributed by atoms with E-state index in [1.807, 2.05) is 13.8 Å². The SMILES string of the molecule is CCOC(=O)C1=C(C)N=c2s/c(=C\c3ccc(OC(C)=O)c(OC)c3)c(=O)n2[C@H]1c1ccc(OC(C)C)c(OC)c1. The monoisotopic (exact) mass is 580 g/mol. The van der Waals surface area contributed by atoms with E-state index in [0.717, 1.165) is 0 Å². The summed E-state index contributed by atoms with van der Waals surface area (Å²) < 4.78 is 29.3. The van der Waals surface area contributed by atoms with E-state index in [4.69, 9.17) is 23.7 Å². The summed E-state index contributed by atoms with van der Waals surface area (Å²) in [7, 11) is 3.00. The number of aromatic nitrogens is 1. The first kappa shape index (κ1) is 29.6. The summed E-state index contributed by atoms with van der Waals surface area (Å²) >= 11 is 1.20. The van der Waals surface area contributed by atoms with Crippen molar-refractivity contribution < 1.29 is 33.3 Å². The molecule has 0 unspecified atom stereocenters. The van der Waals surface area contributed by atoms with Crippen molar-refractivity contribution in [3.63, 3.8) is 0 Å². The molecule has 1 atom stereocenters. The standard InChI is InChI=1S/C30H32N2O8S/c1-8-38-29(35)26-17(4)31-30-32(27(26)20-10-12-21(39-16(2)3)24(15-20)37-7)28(34)25(41-30)14-19-9-11-22(40-18(5)33)23(13-19)36-6/h9-16,27H,8H2,1-7H3/b25-14-/t27-/m0/s1. The highest BCUT2D eigenvalue weighted by Crippen LogP contribution is 2.36. The van der Waals surface area contributed by atoms with Gasteiger partial charge in [-0.25, -0.2) is 9.79 Å². The lowest BCUT2D eigenvalue weighted by molar-refractivity contribution is -0.139. The molecule has 2 aromatic carbocycles. The van der Waals surface area contributed by atoms with E-state index in [1.165, 1.54) is 37.0 Å². The Morgan fingerprint density at radius 3 is 2.37 bits per heavy atom. The molecule has 0 saturated heterocycles. The van der Waals surface area contributed by atoms with E-state index in [1.54, 1.807) is 56.3 Å². The topological polar surface area (TPSA) is 115 Å². The molecule has 216 valence electrons. The number of hydrogen-bond donors (Lipinski definition) is 0. The van der Waals surface area contributed by atoms with Crippen LogP contribution in [-0.2, 0) is 14.3 Å². The summed E-state index contributed by atoms with van der Waals surface area (Å²) in [5.74, 6) is 0.597. The van der Waals surface area contributed by atoms with Crippen LogP contribution < -0.4 is 33.8 Å². The van der Waals surface area contributed by atoms with Gasteiger partial charge >= 0.3 is 11.9 Å². The van der Waals surface area contributed by atoms with Gasteiger partial charge < -0.3 is 23.7 Å². The highest BCUT2D eigenvalue weighted by Gasteiger charge is 2.34. The fourth-order valence-corrected chi connectivity index (χ4v) is 5.52. The van der Waals surface area contributed by atoms with Crippen molar-refractivity contribution >= 4 is 29.4 Å². The Kier molecular flexibility index (Phi) is 8.97. The molecule has 2 heterocycles. The van der Waals surface area contributed by atoms with Gasteiger partial charge in [0.05, 0.1) is 48.8 Å². The molecule has 0 spiro atoms. The van der Waals surface area contributed by atoms with Crippen molar-refractivity contribution in [3.05, 3.63) is 78.5 Å². The van der Waals surface area contributed by atoms with Crippen LogP contribution >= 0.6 is 11.3 Å². The summed E-state index contributed by atoms with van der Waals surface area (Å²) in [4.78, 5) is 43.6. The van der Waals surface area contributed by atoms with E-state index >= 15 is 0 Å². The number of allylic oxidation sites excluding steroid dienone is 1. The number of fused-ring (bicyclic) bond motifs is 1. The van der Waals surface area contributed by atoms with Crippen LogP contribution in [0.3, 0.4) is 0 Å². The molecule has 4 rings (SSSR count). The molecular weight excluding hydrogens is 548 g/mol. The molecule has 10 nitrogen and oxygen atoms in total. The number of methoxy groups -OCH3 is 2. The third kappa shape index (κ3) is 6.19. The Morgan fingerprint density at radius 2 is 1.73 bits per heavy atom. The minimum absolute atomic E-state index is 0.0774. The summed E-state index contributed by atoms with van der Waals surface area (Å²) in [6, 6.07) is 9.50. The Bertz CT molecular complexity index is 1700. The number of benzene rings is 2. The van der Waals surface area contributed by atoms with Crippen LogP contribution in [0.15, 0.2) is 57.5 Å². The van der Waals surface area contributed by atoms with Gasteiger partial charge in [-0.05, 0) is 69.2 Å². The maximum absolute atomic E-state index is 13.9. The molecule has 0 aliphatic carbocycles. The van der Waals surface area contributed by atoms with Gasteiger partial charge in [0.2, 0.25) is 0 Å². The minimum atomic E-state index is -0.810. The maximum atomic E-state index is 13.9. The van der Waals surface area contributed by atoms with E-state index < -0.39 is 18.0 Å². The quantitative estimate of drug-likeness (QED) is 0.279. The summed E-state index contributed by atoms with van der Waals surface area (Å²) in [6.07, 6.45) is 1.62. The largest absolute Gasteiger partial charge is 0.493 e. The zero-order valence-electron chi connectivity index (χ0n) is 24.0. The number of nitrogens with zero attached hydrogens (tertiary/aromatic N) is 2. The smallest absolute Gasteiger partial charge is 0.338 e. The molecule has 0 saturated carbocycles. The molecule has 0 radical (unpaired) electrons. The Labute approximate surface area is 241 Å². The van der Waals surface area contributed by atoms with Crippen molar-refractivity contribution in [1.29, 1.82) is 0 Å². The average molecular weight is 581 g/mol. The van der Waals surface area contributed by atoms with Crippen molar-refractivity contribution in [1.82, 2.24) is 4.57 Å². The fraction of sp³-hybridized carbons (Fsp3) is 0.333. The first-order valence-corrected chi connectivity index (χ1v) is 13.8. The number of hydrogen-bond acceptors (Lipinski definition) is 10. The molecule has 3 aromatic rings. The lowest BCUT2D eigenvalue weighted by Gasteiger charge is -2.25. The van der Waals surface area contributed by atoms with Crippen LogP contribution in [0.4, 0.5) is 0 Å². The summed E-state index contributed by atoms with van der Waals surface area (Å²) in [5.41, 5.74) is 1.67. The third-order valence-electron chi connectivity index (χ3n) is 6.12. The van der Waals surface area contributed by atoms with Gasteiger partial charge in [-0.15, -0.1) is 0 Å². The van der Waals surface area contributed by atoms with Crippen LogP contribution in [0.5, 0.6) is 23.0 Å². The Hall–Kier alpha value is -4.38. The summed E-state index contributed by atoms with van der Waals surface area (Å²) in [5, 5.41) is 0. The summed E-state index contributed by atoms with van der Waals surface area (Å²) in [6.45, 7) is 8.74. The average Bonchev–Trinajstić information content (AvgIpc) is 3.22. The molecule has 41 heavy (non-hydrogen) atoms. The lowest BCUT2D eigenvalue weighted by Crippen LogP contribution is -2.40. The predicted octanol–water partition coefficient (Wildman–Crippen LogP) is 3.53. The normalized spacial score (nSPS) is 14.8. The number of rotatable bonds is 9. The van der Waals surface area contributed by atoms with Gasteiger partial charge in [0.15, 0.2) is 27.8 Å². The van der Waals surface area contributed by atoms with Crippen LogP contribution in [0, 0.1) is 0 Å². The number of thiazole rings is 1. The van der Waals surface area contributed by atoms with Gasteiger partial charge in [-0.2, -0.15) is 0 Å². The number of carbonyl (C=O) groups excluding carboxylic acids is 2. The molecule has 1 aliphatic heterocycles. The zero-order valence-corrected chi connectivity index (χ0v) is 24.8. The Morgan fingerprint density at radius 1 is 1.05 bits per heavy atom. The van der Waals surface area contributed by atoms with Gasteiger partial charge in [0.25, 0.3) is 5.56 Å². The fourth-order valence-electron chi connectivity index (χ4n) is 4.48. The number of ether oxygens (including phenoxy) is 5. The second-order valence-electron chi connectivity index (χ2n) is 9.38. The minimum Gasteiger partial charge on any atom is -0.493 e. The molecule has 0 N–H and O–H groups in total. The van der Waals surface area contributed by atoms with E-state index in [9.17, 15) is 14.4 Å². The second-order valence-corrected chi connectivity index (χ2v) is 10.4. The van der Waals surface area contributed by atoms with Crippen molar-refractivity contribution in [3.8, 4) is 23.0 Å². The molecule has 0 fully saturated rings. The van der Waals surface area contributed by atoms with Crippen molar-refractivity contribution in [2.45, 2.75) is 46.8 Å². The predicted molar refractivity (Wildman–Crippen MR) is 153 cm³/mol. The zero-order chi connectivity index (χ0) is 29.8. The van der Waals surface area contributed by atoms with Crippen molar-refractivity contribution in [2.24, 2.45) is 4.99 Å². The first-order valence-electron chi connectivity index (χ1n) is 13.0. The molecule has 0 bridgehead atoms. The number of esters is 2. The van der Waals surface area contributed by atoms with Crippen LogP contribution in [0.25, 0.3) is 6.08 Å². The van der Waals surface area contributed by atoms with Gasteiger partial charge in [-0.3, -0.25) is 14.2 Å². The molecule has 1 aromatic heterocycles. The van der Waals surface area contributed by atoms with Gasteiger partial charge in [-0.1, -0.05) is 23.5 Å². The second kappa shape index (κ2) is 12.4. The maximum Gasteiger partial charge on any atom is 0.338 e. The van der Waals surface area contributed by atoms with Crippen LogP contribution in [-0.4, -0.2) is 43.4 Å². The highest BCUT2D eigenvalue weighted by molar-refractivity contribution is 7.07. The highest BCUT2D eigenvalue weighted by atomic mass is 32.1. The molecule has 11 heteroatoms. The number of carbonyl (C=O) groups is 2. The molecule has 0 amide bonds.